The lowest BCUT2D eigenvalue weighted by Crippen LogP contribution is -1.98. The molecule has 0 atom stereocenters. The molecule has 2 N–H and O–H groups in total. The summed E-state index contributed by atoms with van der Waals surface area (Å²) in [6.07, 6.45) is 1.60. The summed E-state index contributed by atoms with van der Waals surface area (Å²) in [6, 6.07) is 9.73. The Kier molecular flexibility index (Phi) is 4.70. The highest BCUT2D eigenvalue weighted by Gasteiger charge is 2.22. The maximum atomic E-state index is 11.3. The van der Waals surface area contributed by atoms with Crippen molar-refractivity contribution in [1.29, 1.82) is 0 Å². The molecule has 0 bridgehead atoms. The number of methoxy groups -OCH3 is 1. The number of rotatable bonds is 4. The fourth-order valence-electron chi connectivity index (χ4n) is 3.64. The van der Waals surface area contributed by atoms with Gasteiger partial charge in [0, 0.05) is 29.1 Å². The average Bonchev–Trinajstić information content (AvgIpc) is 2.89. The molecule has 3 aromatic rings. The molecule has 0 aliphatic rings. The number of phenols is 1. The predicted molar refractivity (Wildman–Crippen MR) is 107 cm³/mol. The van der Waals surface area contributed by atoms with Crippen LogP contribution in [-0.2, 0) is 11.8 Å². The van der Waals surface area contributed by atoms with Crippen LogP contribution >= 0.6 is 0 Å². The predicted octanol–water partition coefficient (Wildman–Crippen LogP) is 4.66. The van der Waals surface area contributed by atoms with E-state index in [0.29, 0.717) is 16.7 Å². The summed E-state index contributed by atoms with van der Waals surface area (Å²) in [5, 5.41) is 20.7. The minimum atomic E-state index is -0.986. The van der Waals surface area contributed by atoms with E-state index in [-0.39, 0.29) is 11.3 Å². The van der Waals surface area contributed by atoms with Crippen molar-refractivity contribution in [1.82, 2.24) is 4.57 Å². The van der Waals surface area contributed by atoms with Crippen LogP contribution in [0.15, 0.2) is 35.9 Å². The fraction of sp³-hybridized carbons (Fsp3) is 0.227. The summed E-state index contributed by atoms with van der Waals surface area (Å²) in [4.78, 5) is 11.3. The molecule has 0 radical (unpaired) electrons. The third kappa shape index (κ3) is 2.95. The average molecular weight is 365 g/mol. The lowest BCUT2D eigenvalue weighted by atomic mass is 10.0. The maximum Gasteiger partial charge on any atom is 0.331 e. The molecule has 1 heterocycles. The van der Waals surface area contributed by atoms with Crippen molar-refractivity contribution >= 4 is 22.9 Å². The van der Waals surface area contributed by atoms with E-state index in [1.165, 1.54) is 7.11 Å². The van der Waals surface area contributed by atoms with Crippen LogP contribution < -0.4 is 4.74 Å². The number of nitrogens with zero attached hydrogens (tertiary/aromatic N) is 1. The molecule has 0 unspecified atom stereocenters. The molecule has 5 nitrogen and oxygen atoms in total. The summed E-state index contributed by atoms with van der Waals surface area (Å²) in [6.45, 7) is 5.55. The normalized spacial score (nSPS) is 11.8. The molecule has 27 heavy (non-hydrogen) atoms. The highest BCUT2D eigenvalue weighted by Crippen LogP contribution is 2.44. The van der Waals surface area contributed by atoms with Gasteiger partial charge in [0.2, 0.25) is 0 Å². The molecule has 2 aromatic carbocycles. The zero-order valence-corrected chi connectivity index (χ0v) is 16.1. The summed E-state index contributed by atoms with van der Waals surface area (Å²) >= 11 is 0. The molecule has 1 aromatic heterocycles. The van der Waals surface area contributed by atoms with E-state index in [1.54, 1.807) is 19.1 Å². The number of phenolic OH excluding ortho intramolecular Hbond substituents is 1. The van der Waals surface area contributed by atoms with Gasteiger partial charge in [0.1, 0.15) is 0 Å². The first-order valence-corrected chi connectivity index (χ1v) is 8.64. The molecule has 3 rings (SSSR count). The fourth-order valence-corrected chi connectivity index (χ4v) is 3.64. The second kappa shape index (κ2) is 6.83. The number of aromatic nitrogens is 1. The number of carboxylic acids is 1. The van der Waals surface area contributed by atoms with Gasteiger partial charge in [-0.2, -0.15) is 0 Å². The van der Waals surface area contributed by atoms with Crippen LogP contribution in [0.25, 0.3) is 28.2 Å². The van der Waals surface area contributed by atoms with Gasteiger partial charge < -0.3 is 19.5 Å². The van der Waals surface area contributed by atoms with Crippen LogP contribution in [0.4, 0.5) is 0 Å². The molecule has 0 aliphatic heterocycles. The number of aryl methyl sites for hydroxylation is 3. The second-order valence-electron chi connectivity index (χ2n) is 6.72. The third-order valence-electron chi connectivity index (χ3n) is 5.00. The van der Waals surface area contributed by atoms with Crippen LogP contribution in [0.1, 0.15) is 23.6 Å². The van der Waals surface area contributed by atoms with E-state index < -0.39 is 5.97 Å². The largest absolute Gasteiger partial charge is 0.504 e. The number of aromatic hydroxyl groups is 1. The summed E-state index contributed by atoms with van der Waals surface area (Å²) < 4.78 is 7.34. The minimum Gasteiger partial charge on any atom is -0.504 e. The van der Waals surface area contributed by atoms with Crippen LogP contribution in [0.5, 0.6) is 11.5 Å². The number of fused-ring (bicyclic) bond motifs is 1. The Balaban J connectivity index is 2.48. The van der Waals surface area contributed by atoms with E-state index in [4.69, 9.17) is 4.74 Å². The molecule has 140 valence electrons. The van der Waals surface area contributed by atoms with E-state index in [1.807, 2.05) is 49.7 Å². The third-order valence-corrected chi connectivity index (χ3v) is 5.00. The van der Waals surface area contributed by atoms with Crippen molar-refractivity contribution in [2.75, 3.05) is 7.11 Å². The van der Waals surface area contributed by atoms with Crippen molar-refractivity contribution < 1.29 is 19.7 Å². The van der Waals surface area contributed by atoms with Gasteiger partial charge in [-0.1, -0.05) is 24.3 Å². The van der Waals surface area contributed by atoms with E-state index in [2.05, 4.69) is 0 Å². The standard InChI is InChI=1S/C22H23NO4/c1-12-8-6-7-9-16(12)19-14(3)18-20(23(19)4)15(10-13(2)22(25)26)11-17(27-5)21(18)24/h6-11,24H,1-5H3,(H,25,26)/b13-10+. The maximum absolute atomic E-state index is 11.3. The van der Waals surface area contributed by atoms with Crippen molar-refractivity contribution in [2.24, 2.45) is 7.05 Å². The van der Waals surface area contributed by atoms with Gasteiger partial charge >= 0.3 is 5.97 Å². The Morgan fingerprint density at radius 2 is 1.89 bits per heavy atom. The van der Waals surface area contributed by atoms with Crippen molar-refractivity contribution in [2.45, 2.75) is 20.8 Å². The van der Waals surface area contributed by atoms with Crippen LogP contribution in [0.2, 0.25) is 0 Å². The smallest absolute Gasteiger partial charge is 0.331 e. The van der Waals surface area contributed by atoms with Gasteiger partial charge in [-0.25, -0.2) is 4.79 Å². The van der Waals surface area contributed by atoms with Crippen LogP contribution in [0.3, 0.4) is 0 Å². The molecule has 0 fully saturated rings. The summed E-state index contributed by atoms with van der Waals surface area (Å²) in [5.41, 5.74) is 5.75. The molecule has 0 aliphatic carbocycles. The molecule has 0 saturated heterocycles. The Hall–Kier alpha value is -3.21. The van der Waals surface area contributed by atoms with Crippen LogP contribution in [-0.4, -0.2) is 27.9 Å². The summed E-state index contributed by atoms with van der Waals surface area (Å²) in [5.74, 6) is -0.609. The number of carbonyl (C=O) groups is 1. The molecular formula is C22H23NO4. The number of carboxylic acid groups (broad SMARTS) is 1. The molecule has 0 amide bonds. The SMILES string of the molecule is COc1cc(/C=C(\C)C(=O)O)c2c(c(C)c(-c3ccccc3C)n2C)c1O. The van der Waals surface area contributed by atoms with E-state index >= 15 is 0 Å². The first-order chi connectivity index (χ1) is 12.8. The number of aliphatic carboxylic acids is 1. The zero-order valence-electron chi connectivity index (χ0n) is 16.1. The van der Waals surface area contributed by atoms with Gasteiger partial charge in [-0.05, 0) is 44.0 Å². The van der Waals surface area contributed by atoms with Gasteiger partial charge in [-0.15, -0.1) is 0 Å². The van der Waals surface area contributed by atoms with Crippen molar-refractivity contribution in [3.63, 3.8) is 0 Å². The monoisotopic (exact) mass is 365 g/mol. The first-order valence-electron chi connectivity index (χ1n) is 8.64. The second-order valence-corrected chi connectivity index (χ2v) is 6.72. The van der Waals surface area contributed by atoms with Crippen molar-refractivity contribution in [3.8, 4) is 22.8 Å². The topological polar surface area (TPSA) is 71.7 Å². The Bertz CT molecular complexity index is 1090. The lowest BCUT2D eigenvalue weighted by molar-refractivity contribution is -0.132. The van der Waals surface area contributed by atoms with Crippen molar-refractivity contribution in [3.05, 3.63) is 52.6 Å². The highest BCUT2D eigenvalue weighted by molar-refractivity contribution is 6.04. The minimum absolute atomic E-state index is 0.0607. The lowest BCUT2D eigenvalue weighted by Gasteiger charge is -2.11. The number of ether oxygens (including phenoxy) is 1. The molecule has 0 spiro atoms. The Morgan fingerprint density at radius 3 is 2.48 bits per heavy atom. The van der Waals surface area contributed by atoms with Gasteiger partial charge in [0.05, 0.1) is 18.3 Å². The number of hydrogen-bond donors (Lipinski definition) is 2. The Labute approximate surface area is 158 Å². The number of benzene rings is 2. The zero-order chi connectivity index (χ0) is 19.9. The van der Waals surface area contributed by atoms with Gasteiger partial charge in [0.25, 0.3) is 0 Å². The number of hydrogen-bond acceptors (Lipinski definition) is 3. The molecule has 5 heteroatoms. The Morgan fingerprint density at radius 1 is 1.22 bits per heavy atom. The first kappa shape index (κ1) is 18.6. The van der Waals surface area contributed by atoms with E-state index in [0.717, 1.165) is 27.9 Å². The quantitative estimate of drug-likeness (QED) is 0.660. The van der Waals surface area contributed by atoms with E-state index in [9.17, 15) is 15.0 Å². The molecule has 0 saturated carbocycles. The summed E-state index contributed by atoms with van der Waals surface area (Å²) in [7, 11) is 3.41. The highest BCUT2D eigenvalue weighted by atomic mass is 16.5. The van der Waals surface area contributed by atoms with Crippen LogP contribution in [0, 0.1) is 13.8 Å². The van der Waals surface area contributed by atoms with Gasteiger partial charge in [0.15, 0.2) is 11.5 Å². The molecular weight excluding hydrogens is 342 g/mol. The van der Waals surface area contributed by atoms with Gasteiger partial charge in [-0.3, -0.25) is 0 Å².